The van der Waals surface area contributed by atoms with Crippen molar-refractivity contribution in [1.29, 1.82) is 5.26 Å². The lowest BCUT2D eigenvalue weighted by molar-refractivity contribution is -0.139. The monoisotopic (exact) mass is 482 g/mol. The molecular weight excluding hydrogens is 471 g/mol. The number of hydrogen-bond donors (Lipinski definition) is 2. The summed E-state index contributed by atoms with van der Waals surface area (Å²) in [7, 11) is 0. The van der Waals surface area contributed by atoms with Crippen LogP contribution in [0, 0.1) is 14.9 Å². The van der Waals surface area contributed by atoms with Crippen molar-refractivity contribution in [3.8, 4) is 11.8 Å². The summed E-state index contributed by atoms with van der Waals surface area (Å²) in [4.78, 5) is 22.8. The van der Waals surface area contributed by atoms with Crippen molar-refractivity contribution in [2.75, 3.05) is 11.9 Å². The smallest absolute Gasteiger partial charge is 0.341 e. The van der Waals surface area contributed by atoms with Crippen molar-refractivity contribution in [3.63, 3.8) is 0 Å². The molecule has 0 fully saturated rings. The zero-order valence-electron chi connectivity index (χ0n) is 13.2. The zero-order valence-corrected chi connectivity index (χ0v) is 16.1. The maximum absolute atomic E-state index is 12.3. The Hall–Kier alpha value is -2.57. The number of halogens is 2. The first kappa shape index (κ1) is 19.8. The van der Waals surface area contributed by atoms with Gasteiger partial charge in [-0.2, -0.15) is 5.26 Å². The first-order chi connectivity index (χ1) is 12.4. The van der Waals surface area contributed by atoms with Crippen molar-refractivity contribution < 1.29 is 19.4 Å². The van der Waals surface area contributed by atoms with Gasteiger partial charge in [-0.05, 0) is 58.5 Å². The summed E-state index contributed by atoms with van der Waals surface area (Å²) in [6.45, 7) is -0.450. The number of carboxylic acids is 1. The summed E-state index contributed by atoms with van der Waals surface area (Å²) in [5.74, 6) is -1.25. The molecule has 26 heavy (non-hydrogen) atoms. The van der Waals surface area contributed by atoms with Gasteiger partial charge in [-0.25, -0.2) is 4.79 Å². The average molecular weight is 483 g/mol. The second-order valence-electron chi connectivity index (χ2n) is 4.98. The average Bonchev–Trinajstić information content (AvgIpc) is 2.60. The van der Waals surface area contributed by atoms with E-state index in [2.05, 4.69) is 5.32 Å². The van der Waals surface area contributed by atoms with E-state index in [1.54, 1.807) is 42.5 Å². The normalized spacial score (nSPS) is 10.7. The summed E-state index contributed by atoms with van der Waals surface area (Å²) in [6, 6.07) is 13.5. The number of carbonyl (C=O) groups is 2. The van der Waals surface area contributed by atoms with Gasteiger partial charge < -0.3 is 15.2 Å². The van der Waals surface area contributed by atoms with Crippen LogP contribution in [0.2, 0.25) is 5.02 Å². The van der Waals surface area contributed by atoms with Gasteiger partial charge in [0.15, 0.2) is 6.61 Å². The fourth-order valence-corrected chi connectivity index (χ4v) is 2.81. The molecule has 0 bridgehead atoms. The maximum Gasteiger partial charge on any atom is 0.341 e. The van der Waals surface area contributed by atoms with Crippen LogP contribution in [0.3, 0.4) is 0 Å². The highest BCUT2D eigenvalue weighted by Crippen LogP contribution is 2.24. The highest BCUT2D eigenvalue weighted by Gasteiger charge is 2.12. The second kappa shape index (κ2) is 9.22. The van der Waals surface area contributed by atoms with Gasteiger partial charge in [0.1, 0.15) is 17.4 Å². The van der Waals surface area contributed by atoms with Gasteiger partial charge in [-0.1, -0.05) is 29.8 Å². The number of nitrogens with zero attached hydrogens (tertiary/aromatic N) is 1. The molecule has 0 aliphatic heterocycles. The summed E-state index contributed by atoms with van der Waals surface area (Å²) < 4.78 is 5.79. The lowest BCUT2D eigenvalue weighted by Gasteiger charge is -2.08. The number of aliphatic carboxylic acids is 1. The maximum atomic E-state index is 12.3. The number of ether oxygens (including phenoxy) is 1. The minimum Gasteiger partial charge on any atom is -0.481 e. The number of anilines is 1. The van der Waals surface area contributed by atoms with Crippen LogP contribution < -0.4 is 10.1 Å². The molecule has 0 spiro atoms. The van der Waals surface area contributed by atoms with Crippen molar-refractivity contribution in [3.05, 3.63) is 62.2 Å². The Kier molecular flexibility index (Phi) is 7.00. The van der Waals surface area contributed by atoms with Crippen LogP contribution in [0.15, 0.2) is 48.0 Å². The van der Waals surface area contributed by atoms with Gasteiger partial charge in [0.2, 0.25) is 0 Å². The van der Waals surface area contributed by atoms with E-state index in [0.29, 0.717) is 25.6 Å². The lowest BCUT2D eigenvalue weighted by atomic mass is 10.1. The molecule has 0 saturated heterocycles. The minimum atomic E-state index is -1.08. The molecule has 8 heteroatoms. The summed E-state index contributed by atoms with van der Waals surface area (Å²) in [5.41, 5.74) is 0.912. The van der Waals surface area contributed by atoms with E-state index in [-0.39, 0.29) is 5.57 Å². The molecule has 6 nitrogen and oxygen atoms in total. The predicted molar refractivity (Wildman–Crippen MR) is 106 cm³/mol. The van der Waals surface area contributed by atoms with Gasteiger partial charge in [-0.15, -0.1) is 0 Å². The molecule has 1 amide bonds. The Morgan fingerprint density at radius 2 is 2.04 bits per heavy atom. The zero-order chi connectivity index (χ0) is 19.1. The summed E-state index contributed by atoms with van der Waals surface area (Å²) >= 11 is 7.98. The van der Waals surface area contributed by atoms with Gasteiger partial charge in [0.05, 0.1) is 14.3 Å². The Morgan fingerprint density at radius 3 is 2.65 bits per heavy atom. The second-order valence-corrected chi connectivity index (χ2v) is 6.55. The number of nitrogens with one attached hydrogen (secondary N) is 1. The van der Waals surface area contributed by atoms with E-state index in [1.165, 1.54) is 6.08 Å². The number of para-hydroxylation sites is 1. The van der Waals surface area contributed by atoms with Crippen molar-refractivity contribution in [1.82, 2.24) is 0 Å². The molecule has 2 rings (SSSR count). The van der Waals surface area contributed by atoms with Crippen LogP contribution >= 0.6 is 34.2 Å². The quantitative estimate of drug-likeness (QED) is 0.369. The molecule has 0 unspecified atom stereocenters. The molecule has 0 aliphatic carbocycles. The highest BCUT2D eigenvalue weighted by molar-refractivity contribution is 14.1. The van der Waals surface area contributed by atoms with E-state index >= 15 is 0 Å². The van der Waals surface area contributed by atoms with Crippen LogP contribution in [0.5, 0.6) is 5.75 Å². The van der Waals surface area contributed by atoms with Crippen LogP contribution in [-0.2, 0) is 9.59 Å². The molecule has 2 N–H and O–H groups in total. The van der Waals surface area contributed by atoms with E-state index in [4.69, 9.17) is 21.4 Å². The first-order valence-electron chi connectivity index (χ1n) is 7.22. The Labute approximate surface area is 168 Å². The van der Waals surface area contributed by atoms with Gasteiger partial charge in [-0.3, -0.25) is 4.79 Å². The highest BCUT2D eigenvalue weighted by atomic mass is 127. The molecule has 0 aliphatic rings. The minimum absolute atomic E-state index is 0.0973. The van der Waals surface area contributed by atoms with Crippen LogP contribution in [0.25, 0.3) is 6.08 Å². The third-order valence-corrected chi connectivity index (χ3v) is 4.28. The molecule has 132 valence electrons. The number of benzene rings is 2. The molecule has 2 aromatic rings. The fourth-order valence-electron chi connectivity index (χ4n) is 1.93. The van der Waals surface area contributed by atoms with E-state index in [9.17, 15) is 14.9 Å². The first-order valence-corrected chi connectivity index (χ1v) is 8.68. The lowest BCUT2D eigenvalue weighted by Crippen LogP contribution is -2.13. The number of nitriles is 1. The van der Waals surface area contributed by atoms with Crippen molar-refractivity contribution in [2.24, 2.45) is 0 Å². The van der Waals surface area contributed by atoms with Crippen molar-refractivity contribution in [2.45, 2.75) is 0 Å². The Bertz CT molecular complexity index is 922. The Balaban J connectivity index is 2.19. The SMILES string of the molecule is N#C/C(=C\c1ccc(OCC(=O)O)c(I)c1)C(=O)Nc1ccccc1Cl. The molecular formula is C18H12ClIN2O4. The largest absolute Gasteiger partial charge is 0.481 e. The third-order valence-electron chi connectivity index (χ3n) is 3.11. The number of carboxylic acid groups (broad SMARTS) is 1. The number of rotatable bonds is 6. The molecule has 0 radical (unpaired) electrons. The van der Waals surface area contributed by atoms with Crippen LogP contribution in [-0.4, -0.2) is 23.6 Å². The predicted octanol–water partition coefficient (Wildman–Crippen LogP) is 3.95. The summed E-state index contributed by atoms with van der Waals surface area (Å²) in [5, 5.41) is 20.9. The molecule has 0 atom stereocenters. The van der Waals surface area contributed by atoms with Gasteiger partial charge in [0, 0.05) is 0 Å². The van der Waals surface area contributed by atoms with Crippen LogP contribution in [0.1, 0.15) is 5.56 Å². The van der Waals surface area contributed by atoms with Gasteiger partial charge >= 0.3 is 5.97 Å². The number of hydrogen-bond acceptors (Lipinski definition) is 4. The molecule has 0 heterocycles. The van der Waals surface area contributed by atoms with E-state index < -0.39 is 18.5 Å². The van der Waals surface area contributed by atoms with Crippen molar-refractivity contribution >= 4 is 57.8 Å². The molecule has 0 aromatic heterocycles. The topological polar surface area (TPSA) is 99.4 Å². The number of amides is 1. The van der Waals surface area contributed by atoms with E-state index in [0.717, 1.165) is 0 Å². The standard InChI is InChI=1S/C18H12ClIN2O4/c19-13-3-1-2-4-15(13)22-18(25)12(9-21)7-11-5-6-16(14(20)8-11)26-10-17(23)24/h1-8H,10H2,(H,22,25)(H,23,24)/b12-7+. The molecule has 0 saturated carbocycles. The van der Waals surface area contributed by atoms with E-state index in [1.807, 2.05) is 28.7 Å². The Morgan fingerprint density at radius 1 is 1.31 bits per heavy atom. The van der Waals surface area contributed by atoms with Gasteiger partial charge in [0.25, 0.3) is 5.91 Å². The third kappa shape index (κ3) is 5.47. The summed E-state index contributed by atoms with van der Waals surface area (Å²) in [6.07, 6.45) is 1.43. The number of carbonyl (C=O) groups excluding carboxylic acids is 1. The van der Waals surface area contributed by atoms with Crippen LogP contribution in [0.4, 0.5) is 5.69 Å². The molecule has 2 aromatic carbocycles. The fraction of sp³-hybridized carbons (Fsp3) is 0.0556.